The van der Waals surface area contributed by atoms with Crippen LogP contribution in [0.2, 0.25) is 0 Å². The lowest BCUT2D eigenvalue weighted by Gasteiger charge is -2.21. The molecular weight excluding hydrogens is 168 g/mol. The molecule has 0 aliphatic carbocycles. The fraction of sp³-hybridized carbons (Fsp3) is 0.889. The van der Waals surface area contributed by atoms with Gasteiger partial charge in [-0.25, -0.2) is 0 Å². The first kappa shape index (κ1) is 10.5. The Morgan fingerprint density at radius 2 is 2.46 bits per heavy atom. The highest BCUT2D eigenvalue weighted by molar-refractivity contribution is 5.81. The molecule has 1 fully saturated rings. The van der Waals surface area contributed by atoms with Crippen LogP contribution < -0.4 is 5.32 Å². The normalized spacial score (nSPS) is 24.6. The van der Waals surface area contributed by atoms with E-state index in [2.05, 4.69) is 5.32 Å². The zero-order valence-corrected chi connectivity index (χ0v) is 8.12. The van der Waals surface area contributed by atoms with Crippen molar-refractivity contribution >= 4 is 5.91 Å². The molecule has 0 radical (unpaired) electrons. The second-order valence-electron chi connectivity index (χ2n) is 3.43. The van der Waals surface area contributed by atoms with Gasteiger partial charge in [-0.15, -0.1) is 0 Å². The second kappa shape index (κ2) is 5.19. The summed E-state index contributed by atoms with van der Waals surface area (Å²) >= 11 is 0. The molecule has 1 heterocycles. The van der Waals surface area contributed by atoms with Gasteiger partial charge < -0.3 is 15.3 Å². The number of hydrogen-bond acceptors (Lipinski definition) is 3. The van der Waals surface area contributed by atoms with Crippen molar-refractivity contribution in [2.45, 2.75) is 25.8 Å². The molecule has 2 N–H and O–H groups in total. The van der Waals surface area contributed by atoms with E-state index in [0.717, 1.165) is 19.5 Å². The van der Waals surface area contributed by atoms with E-state index in [4.69, 9.17) is 5.11 Å². The minimum absolute atomic E-state index is 0.0683. The van der Waals surface area contributed by atoms with Crippen LogP contribution in [0.25, 0.3) is 0 Å². The molecule has 0 aromatic carbocycles. The Morgan fingerprint density at radius 3 is 3.15 bits per heavy atom. The number of nitrogens with zero attached hydrogens (tertiary/aromatic N) is 1. The van der Waals surface area contributed by atoms with Gasteiger partial charge in [0.05, 0.1) is 6.04 Å². The average molecular weight is 186 g/mol. The fourth-order valence-corrected chi connectivity index (χ4v) is 1.54. The van der Waals surface area contributed by atoms with Crippen molar-refractivity contribution in [1.82, 2.24) is 10.2 Å². The summed E-state index contributed by atoms with van der Waals surface area (Å²) in [7, 11) is 0. The molecule has 1 aliphatic heterocycles. The summed E-state index contributed by atoms with van der Waals surface area (Å²) < 4.78 is 0. The van der Waals surface area contributed by atoms with Crippen molar-refractivity contribution in [2.75, 3.05) is 26.2 Å². The minimum atomic E-state index is -0.0683. The zero-order chi connectivity index (χ0) is 9.68. The lowest BCUT2D eigenvalue weighted by atomic mass is 10.3. The third-order valence-electron chi connectivity index (χ3n) is 2.32. The summed E-state index contributed by atoms with van der Waals surface area (Å²) in [6.07, 6.45) is 1.68. The summed E-state index contributed by atoms with van der Waals surface area (Å²) in [6.45, 7) is 4.45. The minimum Gasteiger partial charge on any atom is -0.396 e. The van der Waals surface area contributed by atoms with Gasteiger partial charge in [-0.05, 0) is 26.3 Å². The third-order valence-corrected chi connectivity index (χ3v) is 2.32. The molecule has 1 unspecified atom stereocenters. The Morgan fingerprint density at radius 1 is 1.69 bits per heavy atom. The van der Waals surface area contributed by atoms with Crippen LogP contribution in [0.4, 0.5) is 0 Å². The van der Waals surface area contributed by atoms with E-state index in [0.29, 0.717) is 13.0 Å². The van der Waals surface area contributed by atoms with Gasteiger partial charge in [0.15, 0.2) is 0 Å². The third kappa shape index (κ3) is 2.97. The van der Waals surface area contributed by atoms with Crippen LogP contribution in [-0.2, 0) is 4.79 Å². The quantitative estimate of drug-likeness (QED) is 0.629. The maximum absolute atomic E-state index is 11.6. The SMILES string of the molecule is CC1NCCCN(CCCO)C1=O. The number of aliphatic hydroxyl groups excluding tert-OH is 1. The molecule has 1 amide bonds. The van der Waals surface area contributed by atoms with Crippen LogP contribution in [0, 0.1) is 0 Å². The predicted octanol–water partition coefficient (Wildman–Crippen LogP) is -0.421. The number of nitrogens with one attached hydrogen (secondary N) is 1. The van der Waals surface area contributed by atoms with E-state index in [1.165, 1.54) is 0 Å². The van der Waals surface area contributed by atoms with Crippen LogP contribution in [0.1, 0.15) is 19.8 Å². The van der Waals surface area contributed by atoms with Gasteiger partial charge in [0.1, 0.15) is 0 Å². The van der Waals surface area contributed by atoms with Gasteiger partial charge in [0.2, 0.25) is 5.91 Å². The smallest absolute Gasteiger partial charge is 0.239 e. The van der Waals surface area contributed by atoms with E-state index in [9.17, 15) is 4.79 Å². The Labute approximate surface area is 78.9 Å². The first-order valence-electron chi connectivity index (χ1n) is 4.88. The largest absolute Gasteiger partial charge is 0.396 e. The van der Waals surface area contributed by atoms with E-state index >= 15 is 0 Å². The number of carbonyl (C=O) groups excluding carboxylic acids is 1. The van der Waals surface area contributed by atoms with Crippen molar-refractivity contribution in [1.29, 1.82) is 0 Å². The molecule has 76 valence electrons. The lowest BCUT2D eigenvalue weighted by molar-refractivity contribution is -0.132. The number of aliphatic hydroxyl groups is 1. The molecule has 1 rings (SSSR count). The fourth-order valence-electron chi connectivity index (χ4n) is 1.54. The second-order valence-corrected chi connectivity index (χ2v) is 3.43. The van der Waals surface area contributed by atoms with Gasteiger partial charge in [-0.1, -0.05) is 0 Å². The van der Waals surface area contributed by atoms with Crippen LogP contribution in [-0.4, -0.2) is 48.2 Å². The summed E-state index contributed by atoms with van der Waals surface area (Å²) in [4.78, 5) is 13.5. The molecule has 0 aromatic heterocycles. The van der Waals surface area contributed by atoms with Gasteiger partial charge >= 0.3 is 0 Å². The number of rotatable bonds is 3. The molecule has 0 aromatic rings. The molecule has 0 bridgehead atoms. The summed E-state index contributed by atoms with van der Waals surface area (Å²) in [5, 5.41) is 11.8. The number of hydrogen-bond donors (Lipinski definition) is 2. The van der Waals surface area contributed by atoms with Crippen LogP contribution in [0.15, 0.2) is 0 Å². The first-order chi connectivity index (χ1) is 6.25. The Balaban J connectivity index is 2.44. The van der Waals surface area contributed by atoms with E-state index < -0.39 is 0 Å². The average Bonchev–Trinajstić information content (AvgIpc) is 2.28. The molecular formula is C9H18N2O2. The standard InChI is InChI=1S/C9H18N2O2/c1-8-9(13)11(6-3-7-12)5-2-4-10-8/h8,10,12H,2-7H2,1H3. The summed E-state index contributed by atoms with van der Waals surface area (Å²) in [5.74, 6) is 0.158. The van der Waals surface area contributed by atoms with Crippen molar-refractivity contribution in [3.63, 3.8) is 0 Å². The molecule has 1 aliphatic rings. The summed E-state index contributed by atoms with van der Waals surface area (Å²) in [6, 6.07) is -0.0683. The van der Waals surface area contributed by atoms with Crippen LogP contribution in [0.3, 0.4) is 0 Å². The van der Waals surface area contributed by atoms with Gasteiger partial charge in [-0.3, -0.25) is 4.79 Å². The van der Waals surface area contributed by atoms with Gasteiger partial charge in [0.25, 0.3) is 0 Å². The molecule has 1 saturated heterocycles. The Bertz CT molecular complexity index is 173. The van der Waals surface area contributed by atoms with Crippen molar-refractivity contribution in [3.8, 4) is 0 Å². The van der Waals surface area contributed by atoms with Gasteiger partial charge in [0, 0.05) is 19.7 Å². The van der Waals surface area contributed by atoms with Crippen molar-refractivity contribution in [2.24, 2.45) is 0 Å². The Hall–Kier alpha value is -0.610. The van der Waals surface area contributed by atoms with Crippen LogP contribution in [0.5, 0.6) is 0 Å². The predicted molar refractivity (Wildman–Crippen MR) is 50.4 cm³/mol. The molecule has 1 atom stereocenters. The number of carbonyl (C=O) groups is 1. The molecule has 0 spiro atoms. The van der Waals surface area contributed by atoms with E-state index in [1.54, 1.807) is 0 Å². The van der Waals surface area contributed by atoms with E-state index in [-0.39, 0.29) is 18.6 Å². The maximum Gasteiger partial charge on any atom is 0.239 e. The van der Waals surface area contributed by atoms with Crippen LogP contribution >= 0.6 is 0 Å². The highest BCUT2D eigenvalue weighted by Crippen LogP contribution is 2.02. The highest BCUT2D eigenvalue weighted by Gasteiger charge is 2.21. The molecule has 13 heavy (non-hydrogen) atoms. The summed E-state index contributed by atoms with van der Waals surface area (Å²) in [5.41, 5.74) is 0. The van der Waals surface area contributed by atoms with Crippen molar-refractivity contribution in [3.05, 3.63) is 0 Å². The number of amides is 1. The molecule has 4 heteroatoms. The van der Waals surface area contributed by atoms with Crippen molar-refractivity contribution < 1.29 is 9.90 Å². The van der Waals surface area contributed by atoms with Gasteiger partial charge in [-0.2, -0.15) is 0 Å². The lowest BCUT2D eigenvalue weighted by Crippen LogP contribution is -2.42. The monoisotopic (exact) mass is 186 g/mol. The highest BCUT2D eigenvalue weighted by atomic mass is 16.3. The Kier molecular flexibility index (Phi) is 4.18. The topological polar surface area (TPSA) is 52.6 Å². The first-order valence-corrected chi connectivity index (χ1v) is 4.88. The van der Waals surface area contributed by atoms with E-state index in [1.807, 2.05) is 11.8 Å². The molecule has 4 nitrogen and oxygen atoms in total. The maximum atomic E-state index is 11.6. The molecule has 0 saturated carbocycles. The zero-order valence-electron chi connectivity index (χ0n) is 8.12.